The number of piperazine rings is 1. The fraction of sp³-hybridized carbons (Fsp3) is 0.278. The molecule has 1 saturated heterocycles. The molecule has 1 fully saturated rings. The van der Waals surface area contributed by atoms with Crippen molar-refractivity contribution in [1.29, 1.82) is 0 Å². The summed E-state index contributed by atoms with van der Waals surface area (Å²) in [5.41, 5.74) is 1.40. The van der Waals surface area contributed by atoms with E-state index in [4.69, 9.17) is 11.6 Å². The summed E-state index contributed by atoms with van der Waals surface area (Å²) < 4.78 is 0. The first-order valence-electron chi connectivity index (χ1n) is 8.00. The van der Waals surface area contributed by atoms with E-state index in [9.17, 15) is 5.11 Å². The van der Waals surface area contributed by atoms with Crippen molar-refractivity contribution in [3.63, 3.8) is 0 Å². The lowest BCUT2D eigenvalue weighted by Gasteiger charge is -2.35. The molecule has 1 aromatic carbocycles. The number of rotatable bonds is 3. The van der Waals surface area contributed by atoms with E-state index in [1.54, 1.807) is 17.5 Å². The van der Waals surface area contributed by atoms with Gasteiger partial charge in [0.25, 0.3) is 0 Å². The predicted molar refractivity (Wildman–Crippen MR) is 99.0 cm³/mol. The Morgan fingerprint density at radius 2 is 2.08 bits per heavy atom. The Labute approximate surface area is 149 Å². The number of hydrogen-bond acceptors (Lipinski definition) is 5. The number of nitrogens with zero attached hydrogens (tertiary/aromatic N) is 2. The van der Waals surface area contributed by atoms with Gasteiger partial charge in [0.2, 0.25) is 0 Å². The summed E-state index contributed by atoms with van der Waals surface area (Å²) >= 11 is 8.20. The van der Waals surface area contributed by atoms with Gasteiger partial charge in [0, 0.05) is 48.2 Å². The van der Waals surface area contributed by atoms with Gasteiger partial charge >= 0.3 is 0 Å². The SMILES string of the molecule is Oc1c(C(c2cccs2)N2CCNCC2)cc(Cl)c2cccnc12. The van der Waals surface area contributed by atoms with Gasteiger partial charge in [0.15, 0.2) is 0 Å². The topological polar surface area (TPSA) is 48.4 Å². The van der Waals surface area contributed by atoms with Crippen molar-refractivity contribution in [2.45, 2.75) is 6.04 Å². The Morgan fingerprint density at radius 1 is 1.25 bits per heavy atom. The lowest BCUT2D eigenvalue weighted by atomic mass is 9.99. The van der Waals surface area contributed by atoms with Gasteiger partial charge in [-0.15, -0.1) is 11.3 Å². The van der Waals surface area contributed by atoms with E-state index in [0.29, 0.717) is 10.5 Å². The number of fused-ring (bicyclic) bond motifs is 1. The first-order valence-corrected chi connectivity index (χ1v) is 9.25. The predicted octanol–water partition coefficient (Wildman–Crippen LogP) is 3.65. The van der Waals surface area contributed by atoms with Crippen LogP contribution in [0, 0.1) is 0 Å². The Bertz CT molecular complexity index is 847. The number of hydrogen-bond donors (Lipinski definition) is 2. The highest BCUT2D eigenvalue weighted by atomic mass is 35.5. The van der Waals surface area contributed by atoms with Crippen LogP contribution in [0.2, 0.25) is 5.02 Å². The van der Waals surface area contributed by atoms with Crippen LogP contribution in [0.1, 0.15) is 16.5 Å². The third-order valence-electron chi connectivity index (χ3n) is 4.47. The minimum absolute atomic E-state index is 0.00370. The summed E-state index contributed by atoms with van der Waals surface area (Å²) in [6.45, 7) is 3.75. The zero-order chi connectivity index (χ0) is 16.5. The third-order valence-corrected chi connectivity index (χ3v) is 5.71. The number of aromatic hydroxyl groups is 1. The average molecular weight is 360 g/mol. The van der Waals surface area contributed by atoms with Gasteiger partial charge in [-0.25, -0.2) is 0 Å². The molecule has 2 aromatic heterocycles. The van der Waals surface area contributed by atoms with Gasteiger partial charge in [0.1, 0.15) is 11.3 Å². The van der Waals surface area contributed by atoms with Crippen molar-refractivity contribution < 1.29 is 5.11 Å². The molecule has 0 radical (unpaired) electrons. The molecular formula is C18H18ClN3OS. The van der Waals surface area contributed by atoms with Crippen LogP contribution in [-0.4, -0.2) is 41.2 Å². The molecule has 0 aliphatic carbocycles. The molecule has 4 rings (SSSR count). The number of phenols is 1. The smallest absolute Gasteiger partial charge is 0.147 e. The van der Waals surface area contributed by atoms with E-state index in [0.717, 1.165) is 37.1 Å². The second kappa shape index (κ2) is 6.69. The van der Waals surface area contributed by atoms with Crippen molar-refractivity contribution >= 4 is 33.8 Å². The fourth-order valence-electron chi connectivity index (χ4n) is 3.33. The molecule has 0 spiro atoms. The van der Waals surface area contributed by atoms with E-state index >= 15 is 0 Å². The first-order chi connectivity index (χ1) is 11.8. The molecule has 1 aliphatic heterocycles. The molecule has 6 heteroatoms. The van der Waals surface area contributed by atoms with Crippen molar-refractivity contribution in [2.75, 3.05) is 26.2 Å². The highest BCUT2D eigenvalue weighted by molar-refractivity contribution is 7.10. The highest BCUT2D eigenvalue weighted by Crippen LogP contribution is 2.41. The largest absolute Gasteiger partial charge is 0.505 e. The minimum Gasteiger partial charge on any atom is -0.505 e. The quantitative estimate of drug-likeness (QED) is 0.749. The average Bonchev–Trinajstić information content (AvgIpc) is 3.15. The number of halogens is 1. The van der Waals surface area contributed by atoms with Crippen LogP contribution in [0.25, 0.3) is 10.9 Å². The van der Waals surface area contributed by atoms with Crippen LogP contribution in [-0.2, 0) is 0 Å². The minimum atomic E-state index is -0.00370. The van der Waals surface area contributed by atoms with Gasteiger partial charge in [-0.05, 0) is 29.6 Å². The monoisotopic (exact) mass is 359 g/mol. The molecule has 4 nitrogen and oxygen atoms in total. The normalized spacial score (nSPS) is 17.2. The van der Waals surface area contributed by atoms with Crippen molar-refractivity contribution in [3.8, 4) is 5.75 Å². The van der Waals surface area contributed by atoms with Gasteiger partial charge in [-0.3, -0.25) is 9.88 Å². The zero-order valence-electron chi connectivity index (χ0n) is 13.1. The maximum atomic E-state index is 10.9. The van der Waals surface area contributed by atoms with Crippen molar-refractivity contribution in [1.82, 2.24) is 15.2 Å². The summed E-state index contributed by atoms with van der Waals surface area (Å²) in [7, 11) is 0. The molecule has 1 atom stereocenters. The molecule has 24 heavy (non-hydrogen) atoms. The molecule has 2 N–H and O–H groups in total. The Kier molecular flexibility index (Phi) is 4.41. The summed E-state index contributed by atoms with van der Waals surface area (Å²) in [5, 5.41) is 17.8. The molecule has 0 saturated carbocycles. The van der Waals surface area contributed by atoms with Gasteiger partial charge in [-0.2, -0.15) is 0 Å². The van der Waals surface area contributed by atoms with E-state index < -0.39 is 0 Å². The van der Waals surface area contributed by atoms with Crippen LogP contribution in [0.4, 0.5) is 0 Å². The highest BCUT2D eigenvalue weighted by Gasteiger charge is 2.28. The maximum absolute atomic E-state index is 10.9. The summed E-state index contributed by atoms with van der Waals surface area (Å²) in [6, 6.07) is 9.78. The molecule has 1 aliphatic rings. The van der Waals surface area contributed by atoms with E-state index in [1.807, 2.05) is 24.3 Å². The van der Waals surface area contributed by atoms with Crippen LogP contribution < -0.4 is 5.32 Å². The summed E-state index contributed by atoms with van der Waals surface area (Å²) in [4.78, 5) is 7.95. The standard InChI is InChI=1S/C18H18ClN3OS/c19-14-11-13(18(23)16-12(14)3-1-5-21-16)17(15-4-2-10-24-15)22-8-6-20-7-9-22/h1-5,10-11,17,20,23H,6-9H2. The zero-order valence-corrected chi connectivity index (χ0v) is 14.6. The maximum Gasteiger partial charge on any atom is 0.147 e. The molecule has 1 unspecified atom stereocenters. The molecular weight excluding hydrogens is 342 g/mol. The van der Waals surface area contributed by atoms with Gasteiger partial charge < -0.3 is 10.4 Å². The Morgan fingerprint density at radius 3 is 2.83 bits per heavy atom. The number of pyridine rings is 1. The van der Waals surface area contributed by atoms with Crippen LogP contribution in [0.5, 0.6) is 5.75 Å². The molecule has 124 valence electrons. The molecule has 3 aromatic rings. The second-order valence-corrected chi connectivity index (χ2v) is 7.29. The van der Waals surface area contributed by atoms with E-state index in [1.165, 1.54) is 4.88 Å². The Hall–Kier alpha value is -1.66. The first kappa shape index (κ1) is 15.8. The van der Waals surface area contributed by atoms with E-state index in [2.05, 4.69) is 26.6 Å². The summed E-state index contributed by atoms with van der Waals surface area (Å²) in [6.07, 6.45) is 1.69. The van der Waals surface area contributed by atoms with Crippen molar-refractivity contribution in [3.05, 3.63) is 57.4 Å². The van der Waals surface area contributed by atoms with Crippen LogP contribution in [0.15, 0.2) is 41.9 Å². The lowest BCUT2D eigenvalue weighted by molar-refractivity contribution is 0.198. The Balaban J connectivity index is 1.89. The number of phenolic OH excluding ortho intramolecular Hbond substituents is 1. The molecule has 3 heterocycles. The second-order valence-electron chi connectivity index (χ2n) is 5.90. The van der Waals surface area contributed by atoms with Crippen LogP contribution in [0.3, 0.4) is 0 Å². The van der Waals surface area contributed by atoms with Gasteiger partial charge in [0.05, 0.1) is 11.1 Å². The number of benzene rings is 1. The summed E-state index contributed by atoms with van der Waals surface area (Å²) in [5.74, 6) is 0.229. The van der Waals surface area contributed by atoms with Gasteiger partial charge in [-0.1, -0.05) is 17.7 Å². The van der Waals surface area contributed by atoms with Crippen LogP contribution >= 0.6 is 22.9 Å². The third kappa shape index (κ3) is 2.78. The molecule has 0 amide bonds. The lowest BCUT2D eigenvalue weighted by Crippen LogP contribution is -2.45. The number of aromatic nitrogens is 1. The van der Waals surface area contributed by atoms with E-state index in [-0.39, 0.29) is 11.8 Å². The van der Waals surface area contributed by atoms with Crippen molar-refractivity contribution in [2.24, 2.45) is 0 Å². The number of thiophene rings is 1. The fourth-order valence-corrected chi connectivity index (χ4v) is 4.48. The molecule has 0 bridgehead atoms. The number of nitrogens with one attached hydrogen (secondary N) is 1.